The summed E-state index contributed by atoms with van der Waals surface area (Å²) >= 11 is 0. The Morgan fingerprint density at radius 1 is 0.905 bits per heavy atom. The van der Waals surface area contributed by atoms with Crippen molar-refractivity contribution in [3.8, 4) is 5.75 Å². The summed E-state index contributed by atoms with van der Waals surface area (Å²) in [6.07, 6.45) is -2.79. The molecule has 0 saturated heterocycles. The van der Waals surface area contributed by atoms with Gasteiger partial charge in [0.15, 0.2) is 5.60 Å². The number of unbranched alkanes of at least 4 members (excludes halogenated alkanes) is 2. The second-order valence-corrected chi connectivity index (χ2v) is 10.6. The second kappa shape index (κ2) is 14.8. The van der Waals surface area contributed by atoms with Crippen LogP contribution < -0.4 is 16.0 Å². The van der Waals surface area contributed by atoms with Gasteiger partial charge in [-0.15, -0.1) is 0 Å². The Morgan fingerprint density at radius 3 is 2.31 bits per heavy atom. The first-order chi connectivity index (χ1) is 19.9. The maximum atomic E-state index is 13.0. The number of alkyl halides is 3. The van der Waals surface area contributed by atoms with Crippen molar-refractivity contribution in [2.24, 2.45) is 0 Å². The fraction of sp³-hybridized carbons (Fsp3) is 0.484. The minimum atomic E-state index is -4.37. The molecule has 3 rings (SSSR count). The summed E-state index contributed by atoms with van der Waals surface area (Å²) in [5.41, 5.74) is -0.534. The zero-order valence-corrected chi connectivity index (χ0v) is 24.3. The molecule has 0 radical (unpaired) electrons. The highest BCUT2D eigenvalue weighted by molar-refractivity contribution is 5.79. The van der Waals surface area contributed by atoms with E-state index in [1.165, 1.54) is 4.68 Å². The number of esters is 1. The standard InChI is InChI=1S/C31H38F3N3O5/c1-4-41-28(39)30(2,3)42-25-17-11-16-23(21-25)13-9-6-10-20-37-29(40)36(19-12-18-31(32,33)34)27(38)26(35-37)22-24-14-7-5-8-15-24/h5,7-8,11,14-17,21H,4,6,9-10,12-13,18-20,22H2,1-3H3. The fourth-order valence-electron chi connectivity index (χ4n) is 4.47. The van der Waals surface area contributed by atoms with E-state index < -0.39 is 35.4 Å². The number of hydrogen-bond acceptors (Lipinski definition) is 6. The molecule has 228 valence electrons. The fourth-order valence-corrected chi connectivity index (χ4v) is 4.47. The minimum absolute atomic E-state index is 0.121. The van der Waals surface area contributed by atoms with Gasteiger partial charge in [-0.2, -0.15) is 18.3 Å². The van der Waals surface area contributed by atoms with Crippen molar-refractivity contribution >= 4 is 5.97 Å². The zero-order chi connectivity index (χ0) is 30.8. The molecule has 0 N–H and O–H groups in total. The van der Waals surface area contributed by atoms with Crippen molar-refractivity contribution < 1.29 is 27.4 Å². The lowest BCUT2D eigenvalue weighted by Crippen LogP contribution is -2.43. The van der Waals surface area contributed by atoms with Crippen molar-refractivity contribution in [1.29, 1.82) is 0 Å². The summed E-state index contributed by atoms with van der Waals surface area (Å²) in [7, 11) is 0. The number of rotatable bonds is 15. The highest BCUT2D eigenvalue weighted by Crippen LogP contribution is 2.23. The van der Waals surface area contributed by atoms with E-state index in [2.05, 4.69) is 5.10 Å². The van der Waals surface area contributed by atoms with Crippen LogP contribution in [0.4, 0.5) is 13.2 Å². The molecule has 0 aliphatic rings. The van der Waals surface area contributed by atoms with Crippen LogP contribution in [-0.2, 0) is 35.5 Å². The van der Waals surface area contributed by atoms with E-state index >= 15 is 0 Å². The monoisotopic (exact) mass is 589 g/mol. The SMILES string of the molecule is CCOC(=O)C(C)(C)Oc1cccc(CCCCCn2nc(Cc3ccccc3)c(=O)n(CCCC(F)(F)F)c2=O)c1. The average molecular weight is 590 g/mol. The molecule has 0 fully saturated rings. The first-order valence-electron chi connectivity index (χ1n) is 14.2. The second-order valence-electron chi connectivity index (χ2n) is 10.6. The van der Waals surface area contributed by atoms with E-state index in [1.807, 2.05) is 48.5 Å². The average Bonchev–Trinajstić information content (AvgIpc) is 2.93. The lowest BCUT2D eigenvalue weighted by atomic mass is 10.1. The van der Waals surface area contributed by atoms with E-state index in [0.29, 0.717) is 12.2 Å². The van der Waals surface area contributed by atoms with Gasteiger partial charge < -0.3 is 9.47 Å². The number of carbonyl (C=O) groups excluding carboxylic acids is 1. The number of benzene rings is 2. The van der Waals surface area contributed by atoms with Crippen LogP contribution in [0.15, 0.2) is 64.2 Å². The normalized spacial score (nSPS) is 11.9. The smallest absolute Gasteiger partial charge is 0.389 e. The number of hydrogen-bond donors (Lipinski definition) is 0. The van der Waals surface area contributed by atoms with Crippen LogP contribution in [0.5, 0.6) is 5.75 Å². The number of halogens is 3. The molecule has 0 bridgehead atoms. The Morgan fingerprint density at radius 2 is 1.62 bits per heavy atom. The summed E-state index contributed by atoms with van der Waals surface area (Å²) in [4.78, 5) is 38.1. The molecule has 3 aromatic rings. The Hall–Kier alpha value is -3.89. The molecular weight excluding hydrogens is 551 g/mol. The minimum Gasteiger partial charge on any atom is -0.476 e. The van der Waals surface area contributed by atoms with Crippen molar-refractivity contribution in [3.05, 3.63) is 92.3 Å². The predicted molar refractivity (Wildman–Crippen MR) is 153 cm³/mol. The first-order valence-corrected chi connectivity index (χ1v) is 14.2. The van der Waals surface area contributed by atoms with Gasteiger partial charge in [0, 0.05) is 25.9 Å². The van der Waals surface area contributed by atoms with Gasteiger partial charge in [0.2, 0.25) is 0 Å². The number of nitrogens with zero attached hydrogens (tertiary/aromatic N) is 3. The molecule has 8 nitrogen and oxygen atoms in total. The van der Waals surface area contributed by atoms with Crippen LogP contribution in [0, 0.1) is 0 Å². The maximum Gasteiger partial charge on any atom is 0.389 e. The van der Waals surface area contributed by atoms with Gasteiger partial charge in [0.1, 0.15) is 11.4 Å². The predicted octanol–water partition coefficient (Wildman–Crippen LogP) is 5.47. The van der Waals surface area contributed by atoms with Crippen molar-refractivity contribution in [1.82, 2.24) is 14.3 Å². The third-order valence-corrected chi connectivity index (χ3v) is 6.62. The Labute approximate surface area is 243 Å². The quantitative estimate of drug-likeness (QED) is 0.172. The molecule has 0 saturated carbocycles. The van der Waals surface area contributed by atoms with Crippen LogP contribution in [0.25, 0.3) is 0 Å². The van der Waals surface area contributed by atoms with E-state index in [4.69, 9.17) is 9.47 Å². The molecule has 2 aromatic carbocycles. The Balaban J connectivity index is 1.64. The van der Waals surface area contributed by atoms with Gasteiger partial charge in [-0.1, -0.05) is 48.9 Å². The summed E-state index contributed by atoms with van der Waals surface area (Å²) in [6, 6.07) is 16.6. The molecule has 1 aromatic heterocycles. The molecule has 0 unspecified atom stereocenters. The van der Waals surface area contributed by atoms with Gasteiger partial charge in [0.05, 0.1) is 6.61 Å². The van der Waals surface area contributed by atoms with E-state index in [9.17, 15) is 27.6 Å². The van der Waals surface area contributed by atoms with Gasteiger partial charge >= 0.3 is 17.8 Å². The Kier molecular flexibility index (Phi) is 11.5. The number of aryl methyl sites for hydroxylation is 2. The van der Waals surface area contributed by atoms with Crippen molar-refractivity contribution in [2.75, 3.05) is 6.61 Å². The molecule has 1 heterocycles. The van der Waals surface area contributed by atoms with E-state index in [1.54, 1.807) is 26.8 Å². The lowest BCUT2D eigenvalue weighted by Gasteiger charge is -2.24. The molecule has 0 aliphatic heterocycles. The van der Waals surface area contributed by atoms with E-state index in [0.717, 1.165) is 35.0 Å². The zero-order valence-electron chi connectivity index (χ0n) is 24.3. The van der Waals surface area contributed by atoms with Crippen molar-refractivity contribution in [2.45, 2.75) is 90.6 Å². The number of ether oxygens (including phenoxy) is 2. The molecule has 0 spiro atoms. The van der Waals surface area contributed by atoms with Gasteiger partial charge in [0.25, 0.3) is 5.56 Å². The molecule has 0 aliphatic carbocycles. The first kappa shape index (κ1) is 32.6. The van der Waals surface area contributed by atoms with Gasteiger partial charge in [-0.25, -0.2) is 14.3 Å². The van der Waals surface area contributed by atoms with Crippen LogP contribution in [0.1, 0.15) is 69.7 Å². The van der Waals surface area contributed by atoms with E-state index in [-0.39, 0.29) is 38.2 Å². The third kappa shape index (κ3) is 9.88. The lowest BCUT2D eigenvalue weighted by molar-refractivity contribution is -0.158. The third-order valence-electron chi connectivity index (χ3n) is 6.62. The van der Waals surface area contributed by atoms with Crippen LogP contribution >= 0.6 is 0 Å². The van der Waals surface area contributed by atoms with Crippen LogP contribution in [0.2, 0.25) is 0 Å². The summed E-state index contributed by atoms with van der Waals surface area (Å²) in [6.45, 7) is 5.21. The summed E-state index contributed by atoms with van der Waals surface area (Å²) in [5, 5.41) is 4.31. The molecule has 0 atom stereocenters. The highest BCUT2D eigenvalue weighted by Gasteiger charge is 2.31. The van der Waals surface area contributed by atoms with Gasteiger partial charge in [-0.3, -0.25) is 9.36 Å². The topological polar surface area (TPSA) is 92.4 Å². The highest BCUT2D eigenvalue weighted by atomic mass is 19.4. The van der Waals surface area contributed by atoms with Crippen molar-refractivity contribution in [3.63, 3.8) is 0 Å². The molecule has 11 heteroatoms. The van der Waals surface area contributed by atoms with Crippen LogP contribution in [0.3, 0.4) is 0 Å². The maximum absolute atomic E-state index is 13.0. The molecule has 0 amide bonds. The summed E-state index contributed by atoms with van der Waals surface area (Å²) < 4.78 is 51.1. The molecular formula is C31H38F3N3O5. The number of carbonyl (C=O) groups is 1. The largest absolute Gasteiger partial charge is 0.476 e. The number of aromatic nitrogens is 3. The van der Waals surface area contributed by atoms with Crippen LogP contribution in [-0.4, -0.2) is 38.7 Å². The Bertz CT molecular complexity index is 1430. The molecule has 42 heavy (non-hydrogen) atoms. The van der Waals surface area contributed by atoms with Gasteiger partial charge in [-0.05, 0) is 69.7 Å². The summed E-state index contributed by atoms with van der Waals surface area (Å²) in [5.74, 6) is 0.109.